The van der Waals surface area contributed by atoms with Crippen LogP contribution in [0.15, 0.2) is 24.3 Å². The zero-order valence-corrected chi connectivity index (χ0v) is 12.4. The van der Waals surface area contributed by atoms with Crippen molar-refractivity contribution in [3.8, 4) is 5.75 Å². The third-order valence-electron chi connectivity index (χ3n) is 3.66. The molecule has 0 saturated heterocycles. The summed E-state index contributed by atoms with van der Waals surface area (Å²) in [7, 11) is 1.34. The van der Waals surface area contributed by atoms with Gasteiger partial charge >= 0.3 is 5.97 Å². The van der Waals surface area contributed by atoms with Crippen LogP contribution in [0.25, 0.3) is 0 Å². The van der Waals surface area contributed by atoms with Crippen molar-refractivity contribution < 1.29 is 19.1 Å². The molecule has 0 aliphatic heterocycles. The van der Waals surface area contributed by atoms with E-state index in [0.29, 0.717) is 11.3 Å². The molecule has 1 aliphatic rings. The molecule has 1 atom stereocenters. The minimum absolute atomic E-state index is 0.0982. The topological polar surface area (TPSA) is 64.6 Å². The Morgan fingerprint density at radius 3 is 2.38 bits per heavy atom. The lowest BCUT2D eigenvalue weighted by atomic mass is 10.2. The smallest absolute Gasteiger partial charge is 0.337 e. The predicted octanol–water partition coefficient (Wildman–Crippen LogP) is 2.30. The van der Waals surface area contributed by atoms with E-state index in [1.54, 1.807) is 31.2 Å². The van der Waals surface area contributed by atoms with E-state index >= 15 is 0 Å². The van der Waals surface area contributed by atoms with Crippen LogP contribution in [0.3, 0.4) is 0 Å². The number of esters is 1. The van der Waals surface area contributed by atoms with Crippen molar-refractivity contribution in [2.45, 2.75) is 44.8 Å². The van der Waals surface area contributed by atoms with Gasteiger partial charge in [0.05, 0.1) is 12.7 Å². The summed E-state index contributed by atoms with van der Waals surface area (Å²) in [5, 5.41) is 3.00. The number of carbonyl (C=O) groups excluding carboxylic acids is 2. The van der Waals surface area contributed by atoms with Gasteiger partial charge in [-0.1, -0.05) is 12.8 Å². The summed E-state index contributed by atoms with van der Waals surface area (Å²) in [6.45, 7) is 1.72. The zero-order chi connectivity index (χ0) is 15.2. The van der Waals surface area contributed by atoms with Gasteiger partial charge in [0.25, 0.3) is 5.91 Å². The summed E-state index contributed by atoms with van der Waals surface area (Å²) in [4.78, 5) is 23.3. The molecule has 2 rings (SSSR count). The van der Waals surface area contributed by atoms with E-state index in [1.165, 1.54) is 20.0 Å². The molecule has 0 unspecified atom stereocenters. The third-order valence-corrected chi connectivity index (χ3v) is 3.66. The predicted molar refractivity (Wildman–Crippen MR) is 78.3 cm³/mol. The molecule has 0 radical (unpaired) electrons. The van der Waals surface area contributed by atoms with Crippen LogP contribution in [-0.4, -0.2) is 31.1 Å². The molecule has 114 valence electrons. The molecule has 1 amide bonds. The van der Waals surface area contributed by atoms with Gasteiger partial charge in [0.15, 0.2) is 6.10 Å². The van der Waals surface area contributed by atoms with Crippen molar-refractivity contribution in [1.82, 2.24) is 5.32 Å². The Kier molecular flexibility index (Phi) is 5.20. The lowest BCUT2D eigenvalue weighted by molar-refractivity contribution is -0.127. The van der Waals surface area contributed by atoms with Gasteiger partial charge in [0, 0.05) is 6.04 Å². The van der Waals surface area contributed by atoms with Gasteiger partial charge in [-0.3, -0.25) is 4.79 Å². The summed E-state index contributed by atoms with van der Waals surface area (Å²) in [6, 6.07) is 6.83. The van der Waals surface area contributed by atoms with Crippen molar-refractivity contribution in [3.63, 3.8) is 0 Å². The number of rotatable bonds is 5. The number of benzene rings is 1. The van der Waals surface area contributed by atoms with E-state index in [0.717, 1.165) is 12.8 Å². The third kappa shape index (κ3) is 4.21. The average molecular weight is 291 g/mol. The molecule has 0 bridgehead atoms. The number of methoxy groups -OCH3 is 1. The Morgan fingerprint density at radius 2 is 1.81 bits per heavy atom. The highest BCUT2D eigenvalue weighted by Gasteiger charge is 2.21. The summed E-state index contributed by atoms with van der Waals surface area (Å²) in [6.07, 6.45) is 3.89. The Hall–Kier alpha value is -2.04. The van der Waals surface area contributed by atoms with E-state index in [-0.39, 0.29) is 11.9 Å². The first-order chi connectivity index (χ1) is 10.1. The highest BCUT2D eigenvalue weighted by Crippen LogP contribution is 2.18. The van der Waals surface area contributed by atoms with Gasteiger partial charge in [-0.2, -0.15) is 0 Å². The Bertz CT molecular complexity index is 492. The second kappa shape index (κ2) is 7.11. The lowest BCUT2D eigenvalue weighted by Crippen LogP contribution is -2.41. The van der Waals surface area contributed by atoms with Crippen LogP contribution >= 0.6 is 0 Å². The number of hydrogen-bond donors (Lipinski definition) is 1. The van der Waals surface area contributed by atoms with Gasteiger partial charge in [0.1, 0.15) is 5.75 Å². The molecule has 0 heterocycles. The molecule has 0 aromatic heterocycles. The number of carbonyl (C=O) groups is 2. The van der Waals surface area contributed by atoms with Gasteiger partial charge in [-0.15, -0.1) is 0 Å². The largest absolute Gasteiger partial charge is 0.481 e. The van der Waals surface area contributed by atoms with Crippen LogP contribution in [0.4, 0.5) is 0 Å². The number of ether oxygens (including phenoxy) is 2. The lowest BCUT2D eigenvalue weighted by Gasteiger charge is -2.18. The van der Waals surface area contributed by atoms with Crippen LogP contribution in [0.2, 0.25) is 0 Å². The van der Waals surface area contributed by atoms with E-state index < -0.39 is 12.1 Å². The molecular formula is C16H21NO4. The number of amides is 1. The fraction of sp³-hybridized carbons (Fsp3) is 0.500. The first-order valence-electron chi connectivity index (χ1n) is 7.25. The maximum atomic E-state index is 12.0. The van der Waals surface area contributed by atoms with Crippen molar-refractivity contribution in [1.29, 1.82) is 0 Å². The minimum atomic E-state index is -0.561. The van der Waals surface area contributed by atoms with Crippen LogP contribution < -0.4 is 10.1 Å². The molecule has 1 N–H and O–H groups in total. The van der Waals surface area contributed by atoms with Crippen molar-refractivity contribution in [2.24, 2.45) is 0 Å². The highest BCUT2D eigenvalue weighted by molar-refractivity contribution is 5.89. The first kappa shape index (κ1) is 15.4. The van der Waals surface area contributed by atoms with Gasteiger partial charge in [-0.25, -0.2) is 4.79 Å². The summed E-state index contributed by atoms with van der Waals surface area (Å²) in [5.41, 5.74) is 0.452. The zero-order valence-electron chi connectivity index (χ0n) is 12.4. The summed E-state index contributed by atoms with van der Waals surface area (Å²) in [5.74, 6) is 0.0595. The fourth-order valence-corrected chi connectivity index (χ4v) is 2.43. The molecule has 5 nitrogen and oxygen atoms in total. The second-order valence-electron chi connectivity index (χ2n) is 5.27. The van der Waals surface area contributed by atoms with Crippen LogP contribution in [-0.2, 0) is 9.53 Å². The first-order valence-corrected chi connectivity index (χ1v) is 7.25. The maximum Gasteiger partial charge on any atom is 0.337 e. The monoisotopic (exact) mass is 291 g/mol. The van der Waals surface area contributed by atoms with Gasteiger partial charge in [0.2, 0.25) is 0 Å². The quantitative estimate of drug-likeness (QED) is 0.845. The molecule has 5 heteroatoms. The molecule has 0 spiro atoms. The van der Waals surface area contributed by atoms with Crippen molar-refractivity contribution >= 4 is 11.9 Å². The van der Waals surface area contributed by atoms with Crippen molar-refractivity contribution in [3.05, 3.63) is 29.8 Å². The van der Waals surface area contributed by atoms with Gasteiger partial charge < -0.3 is 14.8 Å². The van der Waals surface area contributed by atoms with Crippen LogP contribution in [0, 0.1) is 0 Å². The van der Waals surface area contributed by atoms with E-state index in [1.807, 2.05) is 0 Å². The average Bonchev–Trinajstić information content (AvgIpc) is 3.00. The normalized spacial score (nSPS) is 16.3. The van der Waals surface area contributed by atoms with Crippen LogP contribution in [0.5, 0.6) is 5.75 Å². The van der Waals surface area contributed by atoms with E-state index in [9.17, 15) is 9.59 Å². The Morgan fingerprint density at radius 1 is 1.19 bits per heavy atom. The van der Waals surface area contributed by atoms with Gasteiger partial charge in [-0.05, 0) is 44.0 Å². The fourth-order valence-electron chi connectivity index (χ4n) is 2.43. The van der Waals surface area contributed by atoms with E-state index in [4.69, 9.17) is 4.74 Å². The molecule has 1 fully saturated rings. The Labute approximate surface area is 124 Å². The maximum absolute atomic E-state index is 12.0. The van der Waals surface area contributed by atoms with Crippen molar-refractivity contribution in [2.75, 3.05) is 7.11 Å². The molecule has 1 aromatic carbocycles. The standard InChI is InChI=1S/C16H21NO4/c1-11(15(18)17-13-5-3-4-6-13)21-14-9-7-12(8-10-14)16(19)20-2/h7-11,13H,3-6H2,1-2H3,(H,17,18)/t11-/m1/s1. The highest BCUT2D eigenvalue weighted by atomic mass is 16.5. The SMILES string of the molecule is COC(=O)c1ccc(O[C@H](C)C(=O)NC2CCCC2)cc1. The molecule has 21 heavy (non-hydrogen) atoms. The van der Waals surface area contributed by atoms with Crippen LogP contribution in [0.1, 0.15) is 43.0 Å². The summed E-state index contributed by atoms with van der Waals surface area (Å²) < 4.78 is 10.2. The van der Waals surface area contributed by atoms with E-state index in [2.05, 4.69) is 10.1 Å². The Balaban J connectivity index is 1.87. The minimum Gasteiger partial charge on any atom is -0.481 e. The molecule has 1 saturated carbocycles. The summed E-state index contributed by atoms with van der Waals surface area (Å²) >= 11 is 0. The number of nitrogens with one attached hydrogen (secondary N) is 1. The molecule has 1 aromatic rings. The molecular weight excluding hydrogens is 270 g/mol. The second-order valence-corrected chi connectivity index (χ2v) is 5.27. The number of hydrogen-bond acceptors (Lipinski definition) is 4. The molecule has 1 aliphatic carbocycles.